The maximum absolute atomic E-state index is 11.6. The third kappa shape index (κ3) is 1.16. The van der Waals surface area contributed by atoms with E-state index in [2.05, 4.69) is 4.74 Å². The van der Waals surface area contributed by atoms with E-state index in [-0.39, 0.29) is 5.78 Å². The summed E-state index contributed by atoms with van der Waals surface area (Å²) in [5.41, 5.74) is 0.433. The molecular formula is C10H8O4. The Kier molecular flexibility index (Phi) is 1.96. The predicted molar refractivity (Wildman–Crippen MR) is 47.2 cm³/mol. The van der Waals surface area contributed by atoms with Crippen LogP contribution < -0.4 is 4.74 Å². The van der Waals surface area contributed by atoms with Crippen LogP contribution in [-0.4, -0.2) is 25.0 Å². The monoisotopic (exact) mass is 192 g/mol. The molecule has 1 aliphatic rings. The van der Waals surface area contributed by atoms with Crippen LogP contribution in [0.4, 0.5) is 0 Å². The van der Waals surface area contributed by atoms with Gasteiger partial charge in [0.1, 0.15) is 5.75 Å². The number of esters is 1. The maximum atomic E-state index is 11.6. The minimum Gasteiger partial charge on any atom is -0.470 e. The first-order chi connectivity index (χ1) is 6.74. The molecule has 0 saturated heterocycles. The standard InChI is InChI=1S/C10H8O4/c1-13-10(12)9-8(11)6-4-2-3-5-7(6)14-9/h2-5,9H,1H3/t9-/m0/s1. The highest BCUT2D eigenvalue weighted by Crippen LogP contribution is 2.28. The first-order valence-corrected chi connectivity index (χ1v) is 4.12. The van der Waals surface area contributed by atoms with Gasteiger partial charge in [0.05, 0.1) is 12.7 Å². The number of methoxy groups -OCH3 is 1. The van der Waals surface area contributed by atoms with Gasteiger partial charge < -0.3 is 9.47 Å². The molecule has 0 bridgehead atoms. The van der Waals surface area contributed by atoms with E-state index in [0.29, 0.717) is 11.3 Å². The lowest BCUT2D eigenvalue weighted by atomic mass is 10.1. The smallest absolute Gasteiger partial charge is 0.355 e. The van der Waals surface area contributed by atoms with Crippen LogP contribution >= 0.6 is 0 Å². The van der Waals surface area contributed by atoms with E-state index < -0.39 is 12.1 Å². The number of carbonyl (C=O) groups excluding carboxylic acids is 2. The van der Waals surface area contributed by atoms with E-state index in [1.54, 1.807) is 24.3 Å². The summed E-state index contributed by atoms with van der Waals surface area (Å²) in [4.78, 5) is 22.7. The van der Waals surface area contributed by atoms with Gasteiger partial charge in [0, 0.05) is 0 Å². The van der Waals surface area contributed by atoms with Crippen LogP contribution in [0.1, 0.15) is 10.4 Å². The minimum absolute atomic E-state index is 0.340. The van der Waals surface area contributed by atoms with E-state index in [4.69, 9.17) is 4.74 Å². The van der Waals surface area contributed by atoms with Gasteiger partial charge in [0.25, 0.3) is 6.10 Å². The number of ketones is 1. The molecule has 1 heterocycles. The van der Waals surface area contributed by atoms with E-state index >= 15 is 0 Å². The molecule has 0 saturated carbocycles. The average Bonchev–Trinajstić information content (AvgIpc) is 2.56. The second kappa shape index (κ2) is 3.14. The van der Waals surface area contributed by atoms with Gasteiger partial charge in [-0.2, -0.15) is 0 Å². The third-order valence-corrected chi connectivity index (χ3v) is 2.05. The Morgan fingerprint density at radius 3 is 2.79 bits per heavy atom. The molecule has 0 amide bonds. The Labute approximate surface area is 80.4 Å². The molecule has 0 spiro atoms. The van der Waals surface area contributed by atoms with Crippen molar-refractivity contribution in [1.29, 1.82) is 0 Å². The van der Waals surface area contributed by atoms with Crippen LogP contribution in [0.3, 0.4) is 0 Å². The summed E-state index contributed by atoms with van der Waals surface area (Å²) >= 11 is 0. The van der Waals surface area contributed by atoms with Crippen LogP contribution in [0.2, 0.25) is 0 Å². The van der Waals surface area contributed by atoms with Gasteiger partial charge in [-0.05, 0) is 12.1 Å². The molecule has 1 aromatic rings. The van der Waals surface area contributed by atoms with Crippen LogP contribution in [0.5, 0.6) is 5.75 Å². The van der Waals surface area contributed by atoms with Gasteiger partial charge in [-0.25, -0.2) is 4.79 Å². The highest BCUT2D eigenvalue weighted by Gasteiger charge is 2.38. The molecule has 1 atom stereocenters. The maximum Gasteiger partial charge on any atom is 0.355 e. The highest BCUT2D eigenvalue weighted by molar-refractivity contribution is 6.15. The molecule has 1 aromatic carbocycles. The number of hydrogen-bond acceptors (Lipinski definition) is 4. The lowest BCUT2D eigenvalue weighted by molar-refractivity contribution is -0.145. The lowest BCUT2D eigenvalue weighted by Gasteiger charge is -2.05. The Morgan fingerprint density at radius 1 is 1.43 bits per heavy atom. The number of para-hydroxylation sites is 1. The first kappa shape index (κ1) is 8.74. The average molecular weight is 192 g/mol. The molecule has 0 aliphatic carbocycles. The van der Waals surface area contributed by atoms with Gasteiger partial charge in [-0.3, -0.25) is 4.79 Å². The molecular weight excluding hydrogens is 184 g/mol. The third-order valence-electron chi connectivity index (χ3n) is 2.05. The largest absolute Gasteiger partial charge is 0.470 e. The van der Waals surface area contributed by atoms with E-state index in [1.807, 2.05) is 0 Å². The fourth-order valence-electron chi connectivity index (χ4n) is 1.36. The molecule has 14 heavy (non-hydrogen) atoms. The molecule has 72 valence electrons. The van der Waals surface area contributed by atoms with Crippen molar-refractivity contribution < 1.29 is 19.1 Å². The number of carbonyl (C=O) groups is 2. The van der Waals surface area contributed by atoms with Crippen LogP contribution in [0, 0.1) is 0 Å². The normalized spacial score (nSPS) is 18.6. The van der Waals surface area contributed by atoms with E-state index in [0.717, 1.165) is 0 Å². The summed E-state index contributed by atoms with van der Waals surface area (Å²) in [7, 11) is 1.22. The van der Waals surface area contributed by atoms with Crippen molar-refractivity contribution in [2.24, 2.45) is 0 Å². The molecule has 0 radical (unpaired) electrons. The second-order valence-electron chi connectivity index (χ2n) is 2.88. The number of hydrogen-bond donors (Lipinski definition) is 0. The minimum atomic E-state index is -1.13. The second-order valence-corrected chi connectivity index (χ2v) is 2.88. The van der Waals surface area contributed by atoms with Gasteiger partial charge in [0.15, 0.2) is 0 Å². The van der Waals surface area contributed by atoms with Crippen molar-refractivity contribution in [3.63, 3.8) is 0 Å². The number of ether oxygens (including phenoxy) is 2. The van der Waals surface area contributed by atoms with Crippen molar-refractivity contribution >= 4 is 11.8 Å². The zero-order valence-corrected chi connectivity index (χ0v) is 7.52. The van der Waals surface area contributed by atoms with E-state index in [1.165, 1.54) is 7.11 Å². The predicted octanol–water partition coefficient (Wildman–Crippen LogP) is 0.803. The van der Waals surface area contributed by atoms with Crippen molar-refractivity contribution in [2.75, 3.05) is 7.11 Å². The molecule has 4 nitrogen and oxygen atoms in total. The zero-order chi connectivity index (χ0) is 10.1. The molecule has 0 aromatic heterocycles. The Hall–Kier alpha value is -1.84. The molecule has 1 aliphatic heterocycles. The summed E-state index contributed by atoms with van der Waals surface area (Å²) in [6.07, 6.45) is -1.13. The van der Waals surface area contributed by atoms with E-state index in [9.17, 15) is 9.59 Å². The van der Waals surface area contributed by atoms with Crippen LogP contribution in [0.25, 0.3) is 0 Å². The number of rotatable bonds is 1. The van der Waals surface area contributed by atoms with Crippen molar-refractivity contribution in [1.82, 2.24) is 0 Å². The summed E-state index contributed by atoms with van der Waals surface area (Å²) in [6, 6.07) is 6.74. The highest BCUT2D eigenvalue weighted by atomic mass is 16.6. The zero-order valence-electron chi connectivity index (χ0n) is 7.52. The van der Waals surface area contributed by atoms with Crippen molar-refractivity contribution in [3.8, 4) is 5.75 Å². The van der Waals surface area contributed by atoms with Gasteiger partial charge >= 0.3 is 5.97 Å². The van der Waals surface area contributed by atoms with Crippen molar-refractivity contribution in [2.45, 2.75) is 6.10 Å². The summed E-state index contributed by atoms with van der Waals surface area (Å²) in [6.45, 7) is 0. The quantitative estimate of drug-likeness (QED) is 0.488. The van der Waals surface area contributed by atoms with Gasteiger partial charge in [-0.15, -0.1) is 0 Å². The topological polar surface area (TPSA) is 52.6 Å². The molecule has 0 fully saturated rings. The Balaban J connectivity index is 2.35. The fourth-order valence-corrected chi connectivity index (χ4v) is 1.36. The van der Waals surface area contributed by atoms with Gasteiger partial charge in [-0.1, -0.05) is 12.1 Å². The summed E-state index contributed by atoms with van der Waals surface area (Å²) in [5.74, 6) is -0.563. The fraction of sp³-hybridized carbons (Fsp3) is 0.200. The molecule has 2 rings (SSSR count). The Bertz CT molecular complexity index is 397. The Morgan fingerprint density at radius 2 is 2.14 bits per heavy atom. The SMILES string of the molecule is COC(=O)[C@H]1Oc2ccccc2C1=O. The van der Waals surface area contributed by atoms with Crippen LogP contribution in [0.15, 0.2) is 24.3 Å². The first-order valence-electron chi connectivity index (χ1n) is 4.12. The molecule has 0 unspecified atom stereocenters. The number of Topliss-reactive ketones (excluding diaryl/α,β-unsaturated/α-hetero) is 1. The number of benzene rings is 1. The van der Waals surface area contributed by atoms with Crippen molar-refractivity contribution in [3.05, 3.63) is 29.8 Å². The van der Waals surface area contributed by atoms with Crippen LogP contribution in [-0.2, 0) is 9.53 Å². The summed E-state index contributed by atoms with van der Waals surface area (Å²) in [5, 5.41) is 0. The molecule has 0 N–H and O–H groups in total. The number of fused-ring (bicyclic) bond motifs is 1. The molecule has 4 heteroatoms. The lowest BCUT2D eigenvalue weighted by Crippen LogP contribution is -2.31. The van der Waals surface area contributed by atoms with Gasteiger partial charge in [0.2, 0.25) is 5.78 Å². The summed E-state index contributed by atoms with van der Waals surface area (Å²) < 4.78 is 9.60.